The first-order chi connectivity index (χ1) is 16.3. The third kappa shape index (κ3) is 6.48. The molecule has 3 rings (SSSR count). The van der Waals surface area contributed by atoms with Gasteiger partial charge in [-0.05, 0) is 48.4 Å². The van der Waals surface area contributed by atoms with Gasteiger partial charge in [-0.15, -0.1) is 0 Å². The number of ether oxygens (including phenoxy) is 1. The maximum atomic E-state index is 12.6. The maximum absolute atomic E-state index is 12.6. The molecule has 0 saturated carbocycles. The van der Waals surface area contributed by atoms with Crippen LogP contribution in [0.3, 0.4) is 0 Å². The van der Waals surface area contributed by atoms with Gasteiger partial charge in [0.15, 0.2) is 0 Å². The second kappa shape index (κ2) is 11.2. The van der Waals surface area contributed by atoms with Gasteiger partial charge in [0.1, 0.15) is 5.69 Å². The van der Waals surface area contributed by atoms with Crippen LogP contribution in [0.1, 0.15) is 50.1 Å². The molecule has 0 unspecified atom stereocenters. The summed E-state index contributed by atoms with van der Waals surface area (Å²) in [5, 5.41) is 2.75. The maximum Gasteiger partial charge on any atom is 0.356 e. The largest absolute Gasteiger partial charge is 0.461 e. The molecule has 0 aliphatic carbocycles. The summed E-state index contributed by atoms with van der Waals surface area (Å²) in [5.74, 6) is -1.90. The molecule has 9 nitrogen and oxygen atoms in total. The Morgan fingerprint density at radius 1 is 0.882 bits per heavy atom. The molecule has 1 aromatic heterocycles. The summed E-state index contributed by atoms with van der Waals surface area (Å²) >= 11 is 0. The first kappa shape index (κ1) is 24.6. The number of hydrogen-bond donors (Lipinski definition) is 2. The molecule has 0 radical (unpaired) electrons. The quantitative estimate of drug-likeness (QED) is 0.449. The molecule has 34 heavy (non-hydrogen) atoms. The molecule has 2 amide bonds. The van der Waals surface area contributed by atoms with E-state index in [1.165, 1.54) is 36.4 Å². The molecule has 0 bridgehead atoms. The minimum Gasteiger partial charge on any atom is -0.461 e. The van der Waals surface area contributed by atoms with E-state index in [0.717, 1.165) is 11.8 Å². The highest BCUT2D eigenvalue weighted by Gasteiger charge is 2.20. The fourth-order valence-corrected chi connectivity index (χ4v) is 3.80. The van der Waals surface area contributed by atoms with Gasteiger partial charge in [-0.1, -0.05) is 37.3 Å². The van der Waals surface area contributed by atoms with Gasteiger partial charge in [-0.3, -0.25) is 9.59 Å². The van der Waals surface area contributed by atoms with E-state index in [1.807, 2.05) is 42.0 Å². The minimum absolute atomic E-state index is 0.00832. The third-order valence-corrected chi connectivity index (χ3v) is 5.97. The Hall–Kier alpha value is -4.05. The first-order valence-electron chi connectivity index (χ1n) is 10.4. The Bertz CT molecular complexity index is 1260. The number of nitrogens with zero attached hydrogens (tertiary/aromatic N) is 1. The van der Waals surface area contributed by atoms with E-state index in [1.54, 1.807) is 0 Å². The number of aromatic nitrogens is 1. The van der Waals surface area contributed by atoms with Crippen LogP contribution < -0.4 is 10.0 Å². The van der Waals surface area contributed by atoms with Crippen molar-refractivity contribution < 1.29 is 27.5 Å². The molecule has 176 valence electrons. The Kier molecular flexibility index (Phi) is 8.10. The van der Waals surface area contributed by atoms with E-state index >= 15 is 0 Å². The number of esters is 1. The molecule has 10 heteroatoms. The van der Waals surface area contributed by atoms with Crippen molar-refractivity contribution in [1.82, 2.24) is 15.0 Å². The van der Waals surface area contributed by atoms with E-state index in [9.17, 15) is 22.8 Å². The van der Waals surface area contributed by atoms with Gasteiger partial charge in [0, 0.05) is 18.3 Å². The van der Waals surface area contributed by atoms with E-state index in [4.69, 9.17) is 4.74 Å². The molecule has 0 aliphatic rings. The number of pyridine rings is 1. The molecule has 0 atom stereocenters. The Morgan fingerprint density at radius 2 is 1.56 bits per heavy atom. The van der Waals surface area contributed by atoms with Crippen molar-refractivity contribution in [2.24, 2.45) is 0 Å². The fraction of sp³-hybridized carbons (Fsp3) is 0.167. The van der Waals surface area contributed by atoms with Crippen LogP contribution in [0.5, 0.6) is 0 Å². The van der Waals surface area contributed by atoms with Crippen molar-refractivity contribution in [2.45, 2.75) is 24.8 Å². The smallest absolute Gasteiger partial charge is 0.356 e. The third-order valence-electron chi connectivity index (χ3n) is 4.62. The molecular formula is C24H23N3O6S. The van der Waals surface area contributed by atoms with Crippen LogP contribution in [-0.4, -0.2) is 37.8 Å². The summed E-state index contributed by atoms with van der Waals surface area (Å²) in [4.78, 5) is 40.1. The van der Waals surface area contributed by atoms with Gasteiger partial charge < -0.3 is 10.1 Å². The lowest BCUT2D eigenvalue weighted by molar-refractivity contribution is 0.0497. The predicted molar refractivity (Wildman–Crippen MR) is 124 cm³/mol. The average molecular weight is 482 g/mol. The van der Waals surface area contributed by atoms with E-state index in [2.05, 4.69) is 10.3 Å². The predicted octanol–water partition coefficient (Wildman–Crippen LogP) is 2.70. The summed E-state index contributed by atoms with van der Waals surface area (Å²) in [6, 6.07) is 17.1. The van der Waals surface area contributed by atoms with Gasteiger partial charge in [0.25, 0.3) is 21.8 Å². The number of carbonyl (C=O) groups is 3. The summed E-state index contributed by atoms with van der Waals surface area (Å²) in [6.07, 6.45) is 1.75. The molecule has 2 aromatic carbocycles. The van der Waals surface area contributed by atoms with E-state index in [-0.39, 0.29) is 34.2 Å². The monoisotopic (exact) mass is 481 g/mol. The lowest BCUT2D eigenvalue weighted by Gasteiger charge is -2.09. The molecule has 2 N–H and O–H groups in total. The highest BCUT2D eigenvalue weighted by Crippen LogP contribution is 2.12. The lowest BCUT2D eigenvalue weighted by Crippen LogP contribution is -2.31. The average Bonchev–Trinajstić information content (AvgIpc) is 2.86. The Balaban J connectivity index is 1.61. The van der Waals surface area contributed by atoms with Crippen LogP contribution in [0.4, 0.5) is 0 Å². The molecule has 0 fully saturated rings. The number of rotatable bonds is 9. The van der Waals surface area contributed by atoms with Crippen LogP contribution in [0.15, 0.2) is 77.8 Å². The van der Waals surface area contributed by atoms with E-state index < -0.39 is 21.9 Å². The van der Waals surface area contributed by atoms with Gasteiger partial charge >= 0.3 is 5.97 Å². The van der Waals surface area contributed by atoms with Crippen LogP contribution in [0.25, 0.3) is 0 Å². The van der Waals surface area contributed by atoms with Crippen molar-refractivity contribution >= 4 is 27.8 Å². The van der Waals surface area contributed by atoms with Crippen LogP contribution in [-0.2, 0) is 21.3 Å². The van der Waals surface area contributed by atoms with Gasteiger partial charge in [-0.25, -0.2) is 22.9 Å². The zero-order valence-electron chi connectivity index (χ0n) is 18.4. The second-order valence-electron chi connectivity index (χ2n) is 7.20. The number of amides is 2. The van der Waals surface area contributed by atoms with Gasteiger partial charge in [0.2, 0.25) is 0 Å². The molecule has 0 spiro atoms. The van der Waals surface area contributed by atoms with Crippen LogP contribution in [0.2, 0.25) is 0 Å². The van der Waals surface area contributed by atoms with Crippen molar-refractivity contribution in [2.75, 3.05) is 6.61 Å². The summed E-state index contributed by atoms with van der Waals surface area (Å²) in [5.41, 5.74) is 1.16. The Labute approximate surface area is 197 Å². The SMILES string of the molecule is CCCOC(=O)c1ccc(C(=O)NS(=O)(=O)c2ccc(C(=O)NCc3ccccc3)cc2)cn1. The van der Waals surface area contributed by atoms with Crippen molar-refractivity contribution in [3.05, 3.63) is 95.3 Å². The zero-order valence-corrected chi connectivity index (χ0v) is 19.2. The fourth-order valence-electron chi connectivity index (χ4n) is 2.82. The van der Waals surface area contributed by atoms with Gasteiger partial charge in [-0.2, -0.15) is 0 Å². The number of nitrogens with one attached hydrogen (secondary N) is 2. The molecule has 0 aliphatic heterocycles. The standard InChI is InChI=1S/C24H23N3O6S/c1-2-14-33-24(30)21-13-10-19(16-25-21)23(29)27-34(31,32)20-11-8-18(9-12-20)22(28)26-15-17-6-4-3-5-7-17/h3-13,16H,2,14-15H2,1H3,(H,26,28)(H,27,29). The molecular weight excluding hydrogens is 458 g/mol. The zero-order chi connectivity index (χ0) is 24.6. The summed E-state index contributed by atoms with van der Waals surface area (Å²) in [6.45, 7) is 2.43. The van der Waals surface area contributed by atoms with Crippen molar-refractivity contribution in [3.8, 4) is 0 Å². The molecule has 0 saturated heterocycles. The number of hydrogen-bond acceptors (Lipinski definition) is 7. The second-order valence-corrected chi connectivity index (χ2v) is 8.88. The highest BCUT2D eigenvalue weighted by atomic mass is 32.2. The summed E-state index contributed by atoms with van der Waals surface area (Å²) < 4.78 is 32.0. The van der Waals surface area contributed by atoms with Crippen LogP contribution in [0, 0.1) is 0 Å². The Morgan fingerprint density at radius 3 is 2.18 bits per heavy atom. The molecule has 3 aromatic rings. The number of benzene rings is 2. The first-order valence-corrected chi connectivity index (χ1v) is 11.9. The van der Waals surface area contributed by atoms with Crippen molar-refractivity contribution in [1.29, 1.82) is 0 Å². The van der Waals surface area contributed by atoms with Gasteiger partial charge in [0.05, 0.1) is 17.1 Å². The normalized spacial score (nSPS) is 10.9. The highest BCUT2D eigenvalue weighted by molar-refractivity contribution is 7.90. The number of sulfonamides is 1. The summed E-state index contributed by atoms with van der Waals surface area (Å²) in [7, 11) is -4.19. The lowest BCUT2D eigenvalue weighted by atomic mass is 10.2. The topological polar surface area (TPSA) is 132 Å². The van der Waals surface area contributed by atoms with E-state index in [0.29, 0.717) is 13.0 Å². The van der Waals surface area contributed by atoms with Crippen molar-refractivity contribution in [3.63, 3.8) is 0 Å². The molecule has 1 heterocycles. The number of carbonyl (C=O) groups excluding carboxylic acids is 3. The minimum atomic E-state index is -4.19. The van der Waals surface area contributed by atoms with Crippen LogP contribution >= 0.6 is 0 Å².